The number of aromatic nitrogens is 2. The first-order valence-electron chi connectivity index (χ1n) is 11.6. The van der Waals surface area contributed by atoms with Gasteiger partial charge in [0.1, 0.15) is 10.8 Å². The Hall–Kier alpha value is -4.04. The summed E-state index contributed by atoms with van der Waals surface area (Å²) in [5, 5.41) is 3.64. The summed E-state index contributed by atoms with van der Waals surface area (Å²) in [6.07, 6.45) is 0.586. The first-order chi connectivity index (χ1) is 17.6. The Kier molecular flexibility index (Phi) is 7.04. The number of carbonyl (C=O) groups is 1. The van der Waals surface area contributed by atoms with Crippen LogP contribution in [0.1, 0.15) is 18.1 Å². The molecule has 0 saturated carbocycles. The molecule has 7 nitrogen and oxygen atoms in total. The summed E-state index contributed by atoms with van der Waals surface area (Å²) in [4.78, 5) is 22.3. The van der Waals surface area contributed by atoms with Crippen molar-refractivity contribution in [2.75, 3.05) is 24.8 Å². The van der Waals surface area contributed by atoms with Crippen LogP contribution in [0.25, 0.3) is 11.4 Å². The zero-order valence-corrected chi connectivity index (χ0v) is 20.8. The van der Waals surface area contributed by atoms with Gasteiger partial charge in [-0.2, -0.15) is 4.98 Å². The Morgan fingerprint density at radius 1 is 1.03 bits per heavy atom. The molecule has 1 N–H and O–H groups in total. The lowest BCUT2D eigenvalue weighted by Gasteiger charge is -2.23. The summed E-state index contributed by atoms with van der Waals surface area (Å²) in [5.41, 5.74) is 3.43. The number of nitrogens with one attached hydrogen (secondary N) is 1. The Bertz CT molecular complexity index is 1380. The third-order valence-electron chi connectivity index (χ3n) is 5.60. The van der Waals surface area contributed by atoms with Gasteiger partial charge in [-0.3, -0.25) is 4.79 Å². The number of fused-ring (bicyclic) bond motifs is 2. The van der Waals surface area contributed by atoms with Crippen molar-refractivity contribution in [1.29, 1.82) is 0 Å². The van der Waals surface area contributed by atoms with Crippen LogP contribution < -0.4 is 19.5 Å². The third-order valence-corrected chi connectivity index (χ3v) is 6.62. The van der Waals surface area contributed by atoms with E-state index >= 15 is 0 Å². The molecule has 1 amide bonds. The summed E-state index contributed by atoms with van der Waals surface area (Å²) >= 11 is 1.37. The number of benzene rings is 3. The van der Waals surface area contributed by atoms with E-state index < -0.39 is 0 Å². The van der Waals surface area contributed by atoms with Gasteiger partial charge in [-0.05, 0) is 37.3 Å². The van der Waals surface area contributed by atoms with E-state index in [2.05, 4.69) is 5.32 Å². The molecule has 0 spiro atoms. The largest absolute Gasteiger partial charge is 0.497 e. The van der Waals surface area contributed by atoms with Crippen LogP contribution in [0.5, 0.6) is 23.1 Å². The molecule has 3 aromatic carbocycles. The molecule has 36 heavy (non-hydrogen) atoms. The van der Waals surface area contributed by atoms with Crippen LogP contribution in [0, 0.1) is 0 Å². The molecular weight excluding hydrogens is 474 g/mol. The molecule has 4 aromatic rings. The van der Waals surface area contributed by atoms with Gasteiger partial charge in [0.2, 0.25) is 11.8 Å². The lowest BCUT2D eigenvalue weighted by Crippen LogP contribution is -2.15. The summed E-state index contributed by atoms with van der Waals surface area (Å²) in [6, 6.07) is 22.8. The van der Waals surface area contributed by atoms with Gasteiger partial charge in [0.15, 0.2) is 17.3 Å². The number of hydrogen-bond donors (Lipinski definition) is 1. The van der Waals surface area contributed by atoms with Crippen molar-refractivity contribution in [1.82, 2.24) is 9.97 Å². The highest BCUT2D eigenvalue weighted by molar-refractivity contribution is 8.00. The van der Waals surface area contributed by atoms with Crippen molar-refractivity contribution in [2.45, 2.75) is 18.4 Å². The Morgan fingerprint density at radius 2 is 1.83 bits per heavy atom. The van der Waals surface area contributed by atoms with Crippen LogP contribution >= 0.6 is 11.8 Å². The molecule has 2 heterocycles. The molecule has 0 aliphatic carbocycles. The number of carbonyl (C=O) groups excluding carboxylic acids is 1. The molecule has 0 radical (unpaired) electrons. The normalized spacial score (nSPS) is 11.6. The summed E-state index contributed by atoms with van der Waals surface area (Å²) < 4.78 is 17.2. The maximum absolute atomic E-state index is 12.7. The number of para-hydroxylation sites is 1. The minimum Gasteiger partial charge on any atom is -0.497 e. The maximum atomic E-state index is 12.7. The molecule has 1 aromatic heterocycles. The van der Waals surface area contributed by atoms with Crippen molar-refractivity contribution in [3.63, 3.8) is 0 Å². The minimum atomic E-state index is -0.130. The fourth-order valence-electron chi connectivity index (χ4n) is 3.89. The summed E-state index contributed by atoms with van der Waals surface area (Å²) in [5.74, 6) is 3.19. The first-order valence-corrected chi connectivity index (χ1v) is 12.6. The number of amides is 1. The third kappa shape index (κ3) is 5.13. The molecule has 1 aliphatic heterocycles. The van der Waals surface area contributed by atoms with Gasteiger partial charge in [-0.15, -0.1) is 0 Å². The molecule has 1 aliphatic rings. The number of nitrogens with zero attached hydrogens (tertiary/aromatic N) is 2. The van der Waals surface area contributed by atoms with Gasteiger partial charge < -0.3 is 19.5 Å². The molecule has 0 atom stereocenters. The molecule has 182 valence electrons. The van der Waals surface area contributed by atoms with Crippen molar-refractivity contribution in [3.8, 4) is 34.5 Å². The van der Waals surface area contributed by atoms with Gasteiger partial charge >= 0.3 is 0 Å². The highest BCUT2D eigenvalue weighted by Crippen LogP contribution is 2.44. The number of hydrogen-bond acceptors (Lipinski definition) is 7. The molecular formula is C28H25N3O4S. The summed E-state index contributed by atoms with van der Waals surface area (Å²) in [7, 11) is 1.61. The Morgan fingerprint density at radius 3 is 2.58 bits per heavy atom. The van der Waals surface area contributed by atoms with E-state index in [9.17, 15) is 4.79 Å². The Labute approximate surface area is 213 Å². The van der Waals surface area contributed by atoms with Crippen LogP contribution in [-0.2, 0) is 11.2 Å². The number of ether oxygens (including phenoxy) is 3. The Balaban J connectivity index is 1.43. The molecule has 8 heteroatoms. The van der Waals surface area contributed by atoms with E-state index in [0.29, 0.717) is 41.9 Å². The quantitative estimate of drug-likeness (QED) is 0.208. The first kappa shape index (κ1) is 23.7. The van der Waals surface area contributed by atoms with Crippen LogP contribution in [-0.4, -0.2) is 35.3 Å². The van der Waals surface area contributed by atoms with Gasteiger partial charge in [0, 0.05) is 23.2 Å². The van der Waals surface area contributed by atoms with Crippen LogP contribution in [0.3, 0.4) is 0 Å². The van der Waals surface area contributed by atoms with E-state index in [0.717, 1.165) is 27.5 Å². The minimum absolute atomic E-state index is 0.130. The highest BCUT2D eigenvalue weighted by Gasteiger charge is 2.27. The monoisotopic (exact) mass is 499 g/mol. The molecule has 0 bridgehead atoms. The van der Waals surface area contributed by atoms with Crippen molar-refractivity contribution < 1.29 is 19.0 Å². The molecule has 0 fully saturated rings. The van der Waals surface area contributed by atoms with Gasteiger partial charge in [0.25, 0.3) is 0 Å². The predicted octanol–water partition coefficient (Wildman–Crippen LogP) is 5.98. The van der Waals surface area contributed by atoms with Crippen molar-refractivity contribution >= 4 is 23.4 Å². The van der Waals surface area contributed by atoms with Crippen LogP contribution in [0.4, 0.5) is 5.69 Å². The van der Waals surface area contributed by atoms with E-state index in [-0.39, 0.29) is 11.7 Å². The lowest BCUT2D eigenvalue weighted by molar-refractivity contribution is -0.113. The average Bonchev–Trinajstić information content (AvgIpc) is 2.92. The molecule has 0 unspecified atom stereocenters. The second-order valence-corrected chi connectivity index (χ2v) is 8.99. The van der Waals surface area contributed by atoms with Crippen molar-refractivity contribution in [2.24, 2.45) is 0 Å². The standard InChI is InChI=1S/C28H25N3O4S/c1-3-34-23-11-7-10-19-16-22-27(35-25(19)23)30-26(18-8-5-4-6-9-18)31-28(22)36-17-24(32)29-20-12-14-21(33-2)15-13-20/h4-15H,3,16-17H2,1-2H3,(H,29,32). The smallest absolute Gasteiger partial charge is 0.234 e. The zero-order chi connectivity index (χ0) is 24.9. The maximum Gasteiger partial charge on any atom is 0.234 e. The van der Waals surface area contributed by atoms with E-state index in [1.54, 1.807) is 19.2 Å². The van der Waals surface area contributed by atoms with E-state index in [4.69, 9.17) is 24.2 Å². The van der Waals surface area contributed by atoms with Crippen LogP contribution in [0.15, 0.2) is 77.8 Å². The molecule has 5 rings (SSSR count). The van der Waals surface area contributed by atoms with Crippen LogP contribution in [0.2, 0.25) is 0 Å². The zero-order valence-electron chi connectivity index (χ0n) is 20.0. The van der Waals surface area contributed by atoms with Crippen molar-refractivity contribution in [3.05, 3.63) is 83.9 Å². The van der Waals surface area contributed by atoms with Gasteiger partial charge in [0.05, 0.1) is 25.0 Å². The number of thioether (sulfide) groups is 1. The molecule has 0 saturated heterocycles. The predicted molar refractivity (Wildman–Crippen MR) is 140 cm³/mol. The average molecular weight is 500 g/mol. The lowest BCUT2D eigenvalue weighted by atomic mass is 10.0. The number of rotatable bonds is 8. The summed E-state index contributed by atoms with van der Waals surface area (Å²) in [6.45, 7) is 2.48. The second-order valence-electron chi connectivity index (χ2n) is 8.02. The highest BCUT2D eigenvalue weighted by atomic mass is 32.2. The number of methoxy groups -OCH3 is 1. The topological polar surface area (TPSA) is 82.6 Å². The fourth-order valence-corrected chi connectivity index (χ4v) is 4.72. The number of anilines is 1. The van der Waals surface area contributed by atoms with E-state index in [1.807, 2.05) is 67.6 Å². The van der Waals surface area contributed by atoms with Gasteiger partial charge in [-0.25, -0.2) is 4.98 Å². The van der Waals surface area contributed by atoms with E-state index in [1.165, 1.54) is 11.8 Å². The SMILES string of the molecule is CCOc1cccc2c1Oc1nc(-c3ccccc3)nc(SCC(=O)Nc3ccc(OC)cc3)c1C2. The van der Waals surface area contributed by atoms with Gasteiger partial charge in [-0.1, -0.05) is 54.2 Å². The fraction of sp³-hybridized carbons (Fsp3) is 0.179. The second kappa shape index (κ2) is 10.7.